The molecule has 1 heterocycles. The Morgan fingerprint density at radius 3 is 2.71 bits per heavy atom. The summed E-state index contributed by atoms with van der Waals surface area (Å²) in [6, 6.07) is -0.311. The largest absolute Gasteiger partial charge is 0.457 e. The zero-order valence-corrected chi connectivity index (χ0v) is 7.90. The van der Waals surface area contributed by atoms with Crippen LogP contribution < -0.4 is 5.32 Å². The van der Waals surface area contributed by atoms with E-state index in [0.717, 1.165) is 6.42 Å². The fraction of sp³-hybridized carbons (Fsp3) is 0.875. The van der Waals surface area contributed by atoms with Crippen LogP contribution >= 0.6 is 0 Å². The van der Waals surface area contributed by atoms with E-state index in [2.05, 4.69) is 0 Å². The smallest absolute Gasteiger partial charge is 0.339 e. The van der Waals surface area contributed by atoms with Crippen LogP contribution in [0.5, 0.6) is 0 Å². The van der Waals surface area contributed by atoms with Crippen molar-refractivity contribution in [2.75, 3.05) is 13.1 Å². The van der Waals surface area contributed by atoms with Gasteiger partial charge in [0.15, 0.2) is 0 Å². The van der Waals surface area contributed by atoms with Crippen molar-refractivity contribution >= 4 is 5.91 Å². The molecule has 0 aliphatic carbocycles. The van der Waals surface area contributed by atoms with Gasteiger partial charge in [-0.25, -0.2) is 5.32 Å². The van der Waals surface area contributed by atoms with Gasteiger partial charge in [-0.1, -0.05) is 0 Å². The van der Waals surface area contributed by atoms with Crippen LogP contribution in [0.25, 0.3) is 0 Å². The molecule has 3 nitrogen and oxygen atoms in total. The number of hydrogen-bond donors (Lipinski definition) is 1. The summed E-state index contributed by atoms with van der Waals surface area (Å²) in [6.45, 7) is 1.74. The topological polar surface area (TPSA) is 32.3 Å². The summed E-state index contributed by atoms with van der Waals surface area (Å²) in [5.41, 5.74) is 0. The van der Waals surface area contributed by atoms with Gasteiger partial charge in [0.1, 0.15) is 0 Å². The summed E-state index contributed by atoms with van der Waals surface area (Å²) in [7, 11) is 0. The number of carbonyl (C=O) groups excluding carboxylic acids is 1. The number of nitrogens with one attached hydrogen (secondary N) is 1. The molecule has 0 spiro atoms. The minimum atomic E-state index is -4.36. The van der Waals surface area contributed by atoms with E-state index in [1.807, 2.05) is 0 Å². The second-order valence-corrected chi connectivity index (χ2v) is 3.39. The molecule has 0 aromatic heterocycles. The summed E-state index contributed by atoms with van der Waals surface area (Å²) >= 11 is 0. The van der Waals surface area contributed by atoms with Gasteiger partial charge in [-0.3, -0.25) is 4.79 Å². The molecule has 0 bridgehead atoms. The number of likely N-dealkylation sites (tertiary alicyclic amines) is 1. The van der Waals surface area contributed by atoms with Crippen molar-refractivity contribution in [3.8, 4) is 0 Å². The van der Waals surface area contributed by atoms with Gasteiger partial charge >= 0.3 is 6.30 Å². The van der Waals surface area contributed by atoms with Gasteiger partial charge in [0.2, 0.25) is 5.91 Å². The molecule has 0 aromatic carbocycles. The first-order valence-electron chi connectivity index (χ1n) is 4.49. The Kier molecular flexibility index (Phi) is 3.36. The number of rotatable bonds is 2. The number of hydrogen-bond acceptors (Lipinski definition) is 2. The molecule has 1 aliphatic rings. The Morgan fingerprint density at radius 2 is 2.21 bits per heavy atom. The van der Waals surface area contributed by atoms with Gasteiger partial charge in [0.25, 0.3) is 0 Å². The minimum Gasteiger partial charge on any atom is -0.339 e. The molecule has 1 saturated heterocycles. The van der Waals surface area contributed by atoms with E-state index < -0.39 is 6.30 Å². The summed E-state index contributed by atoms with van der Waals surface area (Å²) in [4.78, 5) is 12.5. The molecule has 1 rings (SSSR count). The molecule has 0 unspecified atom stereocenters. The Morgan fingerprint density at radius 1 is 1.57 bits per heavy atom. The minimum absolute atomic E-state index is 0.156. The molecule has 1 N–H and O–H groups in total. The van der Waals surface area contributed by atoms with Crippen LogP contribution in [-0.4, -0.2) is 36.2 Å². The molecule has 0 aromatic rings. The first kappa shape index (κ1) is 11.3. The number of halogens is 3. The highest BCUT2D eigenvalue weighted by atomic mass is 19.4. The highest BCUT2D eigenvalue weighted by Gasteiger charge is 2.32. The van der Waals surface area contributed by atoms with E-state index in [9.17, 15) is 18.0 Å². The van der Waals surface area contributed by atoms with E-state index in [-0.39, 0.29) is 18.5 Å². The maximum atomic E-state index is 11.8. The third-order valence-corrected chi connectivity index (χ3v) is 2.32. The summed E-state index contributed by atoms with van der Waals surface area (Å²) in [6.07, 6.45) is -2.93. The molecule has 0 saturated carbocycles. The fourth-order valence-electron chi connectivity index (χ4n) is 1.70. The van der Waals surface area contributed by atoms with Gasteiger partial charge in [-0.15, -0.1) is 0 Å². The standard InChI is InChI=1S/C8H13F3N2O/c1-6(14)13-4-2-3-7(13)5-12-8(9,10)11/h7,12H,2-5H2,1H3/t7-/m1/s1. The highest BCUT2D eigenvalue weighted by molar-refractivity contribution is 5.73. The molecule has 82 valence electrons. The molecule has 6 heteroatoms. The SMILES string of the molecule is CC(=O)N1CCC[C@@H]1CNC(F)(F)F. The normalized spacial score (nSPS) is 22.9. The fourth-order valence-corrected chi connectivity index (χ4v) is 1.70. The maximum Gasteiger partial charge on any atom is 0.457 e. The quantitative estimate of drug-likeness (QED) is 0.692. The molecule has 1 atom stereocenters. The van der Waals surface area contributed by atoms with Gasteiger partial charge in [-0.2, -0.15) is 13.2 Å². The predicted molar refractivity (Wildman–Crippen MR) is 44.5 cm³/mol. The Labute approximate surface area is 80.3 Å². The van der Waals surface area contributed by atoms with Gasteiger partial charge in [0.05, 0.1) is 0 Å². The average molecular weight is 210 g/mol. The van der Waals surface area contributed by atoms with Crippen LogP contribution in [0.3, 0.4) is 0 Å². The first-order chi connectivity index (χ1) is 6.40. The number of alkyl halides is 3. The maximum absolute atomic E-state index is 11.8. The van der Waals surface area contributed by atoms with Crippen LogP contribution in [0.1, 0.15) is 19.8 Å². The molecule has 14 heavy (non-hydrogen) atoms. The summed E-state index contributed by atoms with van der Waals surface area (Å²) < 4.78 is 35.5. The lowest BCUT2D eigenvalue weighted by atomic mass is 10.2. The number of nitrogens with zero attached hydrogens (tertiary/aromatic N) is 1. The van der Waals surface area contributed by atoms with Gasteiger partial charge in [-0.05, 0) is 12.8 Å². The van der Waals surface area contributed by atoms with Crippen molar-refractivity contribution in [1.29, 1.82) is 0 Å². The third-order valence-electron chi connectivity index (χ3n) is 2.32. The Balaban J connectivity index is 2.40. The van der Waals surface area contributed by atoms with Crippen LogP contribution in [0, 0.1) is 0 Å². The van der Waals surface area contributed by atoms with E-state index in [1.54, 1.807) is 0 Å². The summed E-state index contributed by atoms with van der Waals surface area (Å²) in [5, 5.41) is 1.45. The monoisotopic (exact) mass is 210 g/mol. The first-order valence-corrected chi connectivity index (χ1v) is 4.49. The average Bonchev–Trinajstić information content (AvgIpc) is 2.46. The molecule has 1 aliphatic heterocycles. The van der Waals surface area contributed by atoms with E-state index in [1.165, 1.54) is 17.1 Å². The third kappa shape index (κ3) is 3.17. The zero-order chi connectivity index (χ0) is 10.8. The second-order valence-electron chi connectivity index (χ2n) is 3.39. The lowest BCUT2D eigenvalue weighted by Crippen LogP contribution is -2.44. The van der Waals surface area contributed by atoms with Crippen molar-refractivity contribution in [2.24, 2.45) is 0 Å². The number of amides is 1. The Bertz CT molecular complexity index is 217. The van der Waals surface area contributed by atoms with Gasteiger partial charge in [0, 0.05) is 26.1 Å². The zero-order valence-electron chi connectivity index (χ0n) is 7.90. The van der Waals surface area contributed by atoms with Gasteiger partial charge < -0.3 is 4.90 Å². The van der Waals surface area contributed by atoms with E-state index >= 15 is 0 Å². The lowest BCUT2D eigenvalue weighted by molar-refractivity contribution is -0.160. The van der Waals surface area contributed by atoms with Crippen LogP contribution in [-0.2, 0) is 4.79 Å². The van der Waals surface area contributed by atoms with Crippen LogP contribution in [0.2, 0.25) is 0 Å². The van der Waals surface area contributed by atoms with E-state index in [4.69, 9.17) is 0 Å². The molecule has 1 fully saturated rings. The molecular formula is C8H13F3N2O. The van der Waals surface area contributed by atoms with E-state index in [0.29, 0.717) is 13.0 Å². The molecule has 1 amide bonds. The molecule has 0 radical (unpaired) electrons. The molecular weight excluding hydrogens is 197 g/mol. The highest BCUT2D eigenvalue weighted by Crippen LogP contribution is 2.18. The van der Waals surface area contributed by atoms with Crippen LogP contribution in [0.4, 0.5) is 13.2 Å². The van der Waals surface area contributed by atoms with Crippen molar-refractivity contribution in [3.63, 3.8) is 0 Å². The van der Waals surface area contributed by atoms with Crippen molar-refractivity contribution in [3.05, 3.63) is 0 Å². The predicted octanol–water partition coefficient (Wildman–Crippen LogP) is 1.11. The Hall–Kier alpha value is -0.780. The number of carbonyl (C=O) groups is 1. The lowest BCUT2D eigenvalue weighted by Gasteiger charge is -2.24. The van der Waals surface area contributed by atoms with Crippen LogP contribution in [0.15, 0.2) is 0 Å². The van der Waals surface area contributed by atoms with Crippen molar-refractivity contribution in [2.45, 2.75) is 32.1 Å². The summed E-state index contributed by atoms with van der Waals surface area (Å²) in [5.74, 6) is -0.156. The van der Waals surface area contributed by atoms with Crippen molar-refractivity contribution < 1.29 is 18.0 Å². The van der Waals surface area contributed by atoms with Crippen molar-refractivity contribution in [1.82, 2.24) is 10.2 Å². The second kappa shape index (κ2) is 4.16.